The van der Waals surface area contributed by atoms with Crippen LogP contribution in [0.1, 0.15) is 25.0 Å². The van der Waals surface area contributed by atoms with E-state index in [1.165, 1.54) is 0 Å². The maximum atomic E-state index is 12.5. The van der Waals surface area contributed by atoms with Crippen molar-refractivity contribution in [1.82, 2.24) is 15.0 Å². The van der Waals surface area contributed by atoms with Gasteiger partial charge in [-0.2, -0.15) is 0 Å². The Labute approximate surface area is 188 Å². The third kappa shape index (κ3) is 4.08. The fraction of sp³-hybridized carbons (Fsp3) is 0.318. The third-order valence-electron chi connectivity index (χ3n) is 5.72. The van der Waals surface area contributed by atoms with E-state index in [1.807, 2.05) is 6.07 Å². The fourth-order valence-corrected chi connectivity index (χ4v) is 5.22. The molecule has 0 unspecified atom stereocenters. The number of ether oxygens (including phenoxy) is 1. The van der Waals surface area contributed by atoms with Gasteiger partial charge in [-0.25, -0.2) is 15.0 Å². The fourth-order valence-electron chi connectivity index (χ4n) is 3.78. The van der Waals surface area contributed by atoms with Crippen LogP contribution >= 0.6 is 11.6 Å². The lowest BCUT2D eigenvalue weighted by Gasteiger charge is -2.41. The molecule has 1 saturated carbocycles. The van der Waals surface area contributed by atoms with Crippen molar-refractivity contribution < 1.29 is 14.4 Å². The number of nitrogens with one attached hydrogen (secondary N) is 1. The Morgan fingerprint density at radius 1 is 1.16 bits per heavy atom. The van der Waals surface area contributed by atoms with Crippen LogP contribution in [0.5, 0.6) is 11.6 Å². The van der Waals surface area contributed by atoms with Crippen LogP contribution in [0.3, 0.4) is 0 Å². The van der Waals surface area contributed by atoms with Crippen LogP contribution in [-0.2, 0) is 17.6 Å². The van der Waals surface area contributed by atoms with Crippen LogP contribution in [-0.4, -0.2) is 42.5 Å². The molecule has 0 radical (unpaired) electrons. The average Bonchev–Trinajstić information content (AvgIpc) is 3.14. The highest BCUT2D eigenvalue weighted by molar-refractivity contribution is 7.91. The second kappa shape index (κ2) is 8.27. The van der Waals surface area contributed by atoms with Crippen molar-refractivity contribution >= 4 is 28.6 Å². The molecule has 7 nitrogen and oxygen atoms in total. The van der Waals surface area contributed by atoms with E-state index in [-0.39, 0.29) is 12.1 Å². The van der Waals surface area contributed by atoms with Crippen LogP contribution in [0.4, 0.5) is 5.82 Å². The van der Waals surface area contributed by atoms with Gasteiger partial charge in [-0.05, 0) is 60.8 Å². The van der Waals surface area contributed by atoms with E-state index in [0.717, 1.165) is 30.5 Å². The van der Waals surface area contributed by atoms with E-state index in [1.54, 1.807) is 36.5 Å². The summed E-state index contributed by atoms with van der Waals surface area (Å²) < 4.78 is 18.3. The molecule has 1 aliphatic heterocycles. The molecule has 1 aliphatic carbocycles. The summed E-state index contributed by atoms with van der Waals surface area (Å²) in [6, 6.07) is 10.7. The number of aliphatic hydroxyl groups is 1. The average molecular weight is 457 g/mol. The molecule has 160 valence electrons. The lowest BCUT2D eigenvalue weighted by atomic mass is 9.77. The zero-order valence-electron chi connectivity index (χ0n) is 16.7. The Kier molecular flexibility index (Phi) is 5.47. The molecule has 3 aromatic rings. The number of aliphatic hydroxyl groups excluding tert-OH is 1. The number of aromatic nitrogens is 3. The zero-order valence-corrected chi connectivity index (χ0v) is 18.2. The van der Waals surface area contributed by atoms with Crippen molar-refractivity contribution in [2.24, 2.45) is 0 Å². The molecule has 2 N–H and O–H groups in total. The first-order chi connectivity index (χ1) is 15.0. The van der Waals surface area contributed by atoms with Gasteiger partial charge < -0.3 is 19.7 Å². The van der Waals surface area contributed by atoms with Gasteiger partial charge in [0.1, 0.15) is 17.2 Å². The van der Waals surface area contributed by atoms with Gasteiger partial charge >= 0.3 is 0 Å². The number of fused-ring (bicyclic) bond motifs is 1. The quantitative estimate of drug-likeness (QED) is 0.541. The van der Waals surface area contributed by atoms with E-state index >= 15 is 0 Å². The van der Waals surface area contributed by atoms with E-state index < -0.39 is 11.2 Å². The van der Waals surface area contributed by atoms with Gasteiger partial charge in [0.05, 0.1) is 12.1 Å². The number of halogens is 1. The Morgan fingerprint density at radius 2 is 1.97 bits per heavy atom. The summed E-state index contributed by atoms with van der Waals surface area (Å²) in [5.41, 5.74) is 1.14. The van der Waals surface area contributed by atoms with E-state index in [9.17, 15) is 9.66 Å². The standard InChI is InChI=1S/C22H21ClN4O3S/c23-15-3-5-16(6-4-15)30-18-7-2-14(12-24-18)20-25-17-8-11-31(29)19(17)21(26-20)27-22(13-28)9-1-10-22/h2-7,12,28H,1,8-11,13H2,(H,25,26,27)/t31-/m1/s1. The number of benzene rings is 1. The molecule has 2 aromatic heterocycles. The summed E-state index contributed by atoms with van der Waals surface area (Å²) in [5, 5.41) is 13.9. The van der Waals surface area contributed by atoms with Crippen molar-refractivity contribution in [3.63, 3.8) is 0 Å². The van der Waals surface area contributed by atoms with Gasteiger partial charge in [0.2, 0.25) is 10.8 Å². The number of hydrogen-bond acceptors (Lipinski definition) is 7. The van der Waals surface area contributed by atoms with Crippen molar-refractivity contribution in [2.75, 3.05) is 17.7 Å². The molecular formula is C22H21ClN4O3S. The van der Waals surface area contributed by atoms with E-state index in [0.29, 0.717) is 45.4 Å². The molecule has 5 rings (SSSR count). The molecule has 0 amide bonds. The highest BCUT2D eigenvalue weighted by atomic mass is 35.5. The second-order valence-corrected chi connectivity index (χ2v) is 9.77. The van der Waals surface area contributed by atoms with Crippen LogP contribution in [0, 0.1) is 0 Å². The predicted octanol–water partition coefficient (Wildman–Crippen LogP) is 3.97. The number of aryl methyl sites for hydroxylation is 1. The SMILES string of the molecule is [O-][S@+]1CCc2nc(-c3ccc(Oc4ccc(Cl)cc4)nc3)nc(NC3(CO)CCC3)c21. The minimum atomic E-state index is -1.13. The van der Waals surface area contributed by atoms with Crippen molar-refractivity contribution in [2.45, 2.75) is 36.1 Å². The summed E-state index contributed by atoms with van der Waals surface area (Å²) in [4.78, 5) is 14.4. The van der Waals surface area contributed by atoms with Crippen LogP contribution in [0.2, 0.25) is 5.02 Å². The van der Waals surface area contributed by atoms with Crippen molar-refractivity contribution in [3.8, 4) is 23.0 Å². The molecule has 1 fully saturated rings. The van der Waals surface area contributed by atoms with Crippen molar-refractivity contribution in [3.05, 3.63) is 53.3 Å². The lowest BCUT2D eigenvalue weighted by Crippen LogP contribution is -2.48. The number of hydrogen-bond donors (Lipinski definition) is 2. The molecule has 2 aliphatic rings. The predicted molar refractivity (Wildman–Crippen MR) is 119 cm³/mol. The number of pyridine rings is 1. The smallest absolute Gasteiger partial charge is 0.219 e. The van der Waals surface area contributed by atoms with Gasteiger partial charge in [-0.15, -0.1) is 0 Å². The maximum Gasteiger partial charge on any atom is 0.219 e. The maximum absolute atomic E-state index is 12.5. The molecule has 1 aromatic carbocycles. The molecule has 0 spiro atoms. The topological polar surface area (TPSA) is 103 Å². The summed E-state index contributed by atoms with van der Waals surface area (Å²) in [6.07, 6.45) is 5.08. The Bertz CT molecular complexity index is 1090. The molecule has 1 atom stereocenters. The van der Waals surface area contributed by atoms with Gasteiger partial charge in [0.15, 0.2) is 11.6 Å². The summed E-state index contributed by atoms with van der Waals surface area (Å²) in [7, 11) is 0. The summed E-state index contributed by atoms with van der Waals surface area (Å²) in [5.74, 6) is 2.70. The highest BCUT2D eigenvalue weighted by Gasteiger charge is 2.40. The summed E-state index contributed by atoms with van der Waals surface area (Å²) >= 11 is 4.77. The van der Waals surface area contributed by atoms with E-state index in [2.05, 4.69) is 20.3 Å². The number of nitrogens with zero attached hydrogens (tertiary/aromatic N) is 3. The minimum Gasteiger partial charge on any atom is -0.611 e. The lowest BCUT2D eigenvalue weighted by molar-refractivity contribution is 0.143. The zero-order chi connectivity index (χ0) is 21.4. The van der Waals surface area contributed by atoms with Gasteiger partial charge in [-0.1, -0.05) is 11.6 Å². The first-order valence-corrected chi connectivity index (χ1v) is 11.8. The van der Waals surface area contributed by atoms with Gasteiger partial charge in [-0.3, -0.25) is 0 Å². The molecule has 0 saturated heterocycles. The summed E-state index contributed by atoms with van der Waals surface area (Å²) in [6.45, 7) is 0.0199. The minimum absolute atomic E-state index is 0.0199. The number of rotatable bonds is 6. The van der Waals surface area contributed by atoms with Crippen LogP contribution in [0.15, 0.2) is 47.5 Å². The second-order valence-electron chi connectivity index (χ2n) is 7.83. The largest absolute Gasteiger partial charge is 0.611 e. The van der Waals surface area contributed by atoms with Gasteiger partial charge in [0, 0.05) is 29.3 Å². The molecule has 9 heteroatoms. The first-order valence-electron chi connectivity index (χ1n) is 10.1. The van der Waals surface area contributed by atoms with Crippen LogP contribution in [0.25, 0.3) is 11.4 Å². The normalized spacial score (nSPS) is 18.9. The monoisotopic (exact) mass is 456 g/mol. The number of anilines is 1. The molecule has 31 heavy (non-hydrogen) atoms. The Balaban J connectivity index is 1.43. The van der Waals surface area contributed by atoms with Gasteiger partial charge in [0.25, 0.3) is 0 Å². The van der Waals surface area contributed by atoms with Crippen molar-refractivity contribution in [1.29, 1.82) is 0 Å². The molecule has 0 bridgehead atoms. The van der Waals surface area contributed by atoms with E-state index in [4.69, 9.17) is 16.3 Å². The molecular weight excluding hydrogens is 436 g/mol. The third-order valence-corrected chi connectivity index (χ3v) is 7.43. The first kappa shape index (κ1) is 20.5. The Morgan fingerprint density at radius 3 is 2.61 bits per heavy atom. The highest BCUT2D eigenvalue weighted by Crippen LogP contribution is 2.39. The molecule has 3 heterocycles. The van der Waals surface area contributed by atoms with Crippen LogP contribution < -0.4 is 10.1 Å². The Hall–Kier alpha value is -2.39.